The van der Waals surface area contributed by atoms with E-state index in [4.69, 9.17) is 21.7 Å². The number of hydrogen-bond donors (Lipinski definition) is 2. The van der Waals surface area contributed by atoms with E-state index in [-0.39, 0.29) is 34.2 Å². The first-order valence-corrected chi connectivity index (χ1v) is 11.1. The van der Waals surface area contributed by atoms with Gasteiger partial charge in [0.05, 0.1) is 7.11 Å². The van der Waals surface area contributed by atoms with Crippen LogP contribution in [0.1, 0.15) is 56.7 Å². The summed E-state index contributed by atoms with van der Waals surface area (Å²) < 4.78 is 11.0. The topological polar surface area (TPSA) is 80.7 Å². The number of aromatic nitrogens is 1. The van der Waals surface area contributed by atoms with Gasteiger partial charge in [-0.25, -0.2) is 9.78 Å². The lowest BCUT2D eigenvalue weighted by Gasteiger charge is -2.30. The minimum Gasteiger partial charge on any atom is -0.503 e. The SMILES string of the molecule is COc1ccnc(C(=S)N[C@@H](C)C(=O)OC(C)[C@H](c2ccccc2)C2CCCC2)c1O. The summed E-state index contributed by atoms with van der Waals surface area (Å²) in [5, 5.41) is 13.2. The van der Waals surface area contributed by atoms with Crippen molar-refractivity contribution < 1.29 is 19.4 Å². The number of thiocarbonyl (C=S) groups is 1. The highest BCUT2D eigenvalue weighted by molar-refractivity contribution is 7.80. The Kier molecular flexibility index (Phi) is 7.85. The van der Waals surface area contributed by atoms with E-state index in [9.17, 15) is 9.90 Å². The fourth-order valence-electron chi connectivity index (χ4n) is 4.37. The van der Waals surface area contributed by atoms with Crippen LogP contribution >= 0.6 is 12.2 Å². The van der Waals surface area contributed by atoms with Crippen molar-refractivity contribution in [1.29, 1.82) is 0 Å². The molecule has 1 aliphatic rings. The molecule has 1 heterocycles. The van der Waals surface area contributed by atoms with Crippen molar-refractivity contribution in [3.63, 3.8) is 0 Å². The van der Waals surface area contributed by atoms with Crippen LogP contribution in [0.15, 0.2) is 42.6 Å². The highest BCUT2D eigenvalue weighted by Crippen LogP contribution is 2.40. The smallest absolute Gasteiger partial charge is 0.328 e. The van der Waals surface area contributed by atoms with Crippen molar-refractivity contribution in [2.75, 3.05) is 7.11 Å². The summed E-state index contributed by atoms with van der Waals surface area (Å²) in [5.74, 6) is 0.376. The Bertz CT molecular complexity index is 900. The Morgan fingerprint density at radius 2 is 1.87 bits per heavy atom. The normalized spacial score (nSPS) is 16.9. The molecular formula is C24H30N2O4S. The van der Waals surface area contributed by atoms with Gasteiger partial charge in [-0.3, -0.25) is 0 Å². The lowest BCUT2D eigenvalue weighted by atomic mass is 9.81. The largest absolute Gasteiger partial charge is 0.503 e. The molecule has 3 rings (SSSR count). The second-order valence-corrected chi connectivity index (χ2v) is 8.44. The summed E-state index contributed by atoms with van der Waals surface area (Å²) in [6, 6.07) is 11.1. The molecule has 1 aromatic carbocycles. The fourth-order valence-corrected chi connectivity index (χ4v) is 4.69. The van der Waals surface area contributed by atoms with Crippen LogP contribution in [0, 0.1) is 5.92 Å². The van der Waals surface area contributed by atoms with Crippen LogP contribution in [0.5, 0.6) is 11.5 Å². The molecule has 1 saturated carbocycles. The molecule has 0 aliphatic heterocycles. The van der Waals surface area contributed by atoms with E-state index in [0.717, 1.165) is 12.8 Å². The van der Waals surface area contributed by atoms with Crippen molar-refractivity contribution in [3.05, 3.63) is 53.9 Å². The average Bonchev–Trinajstić information content (AvgIpc) is 3.28. The first kappa shape index (κ1) is 23.0. The van der Waals surface area contributed by atoms with Crippen molar-refractivity contribution in [2.24, 2.45) is 5.92 Å². The zero-order valence-corrected chi connectivity index (χ0v) is 19.0. The molecule has 31 heavy (non-hydrogen) atoms. The second kappa shape index (κ2) is 10.6. The third-order valence-corrected chi connectivity index (χ3v) is 6.23. The van der Waals surface area contributed by atoms with Gasteiger partial charge in [-0.15, -0.1) is 0 Å². The minimum atomic E-state index is -0.692. The van der Waals surface area contributed by atoms with Crippen LogP contribution < -0.4 is 10.1 Å². The minimum absolute atomic E-state index is 0.156. The number of hydrogen-bond acceptors (Lipinski definition) is 6. The van der Waals surface area contributed by atoms with E-state index in [1.54, 1.807) is 6.92 Å². The molecule has 1 fully saturated rings. The molecule has 1 aliphatic carbocycles. The van der Waals surface area contributed by atoms with E-state index in [2.05, 4.69) is 22.4 Å². The lowest BCUT2D eigenvalue weighted by molar-refractivity contribution is -0.151. The van der Waals surface area contributed by atoms with Crippen molar-refractivity contribution in [3.8, 4) is 11.5 Å². The molecule has 0 bridgehead atoms. The van der Waals surface area contributed by atoms with Crippen LogP contribution in [0.2, 0.25) is 0 Å². The summed E-state index contributed by atoms with van der Waals surface area (Å²) in [7, 11) is 1.45. The number of benzene rings is 1. The van der Waals surface area contributed by atoms with Gasteiger partial charge < -0.3 is 19.9 Å². The Labute approximate surface area is 189 Å². The Hall–Kier alpha value is -2.67. The molecule has 2 N–H and O–H groups in total. The van der Waals surface area contributed by atoms with Crippen LogP contribution in [0.3, 0.4) is 0 Å². The van der Waals surface area contributed by atoms with Gasteiger partial charge in [-0.05, 0) is 38.2 Å². The number of ether oxygens (including phenoxy) is 2. The van der Waals surface area contributed by atoms with E-state index >= 15 is 0 Å². The van der Waals surface area contributed by atoms with E-state index in [1.165, 1.54) is 37.8 Å². The van der Waals surface area contributed by atoms with Gasteiger partial charge in [0, 0.05) is 18.2 Å². The summed E-state index contributed by atoms with van der Waals surface area (Å²) in [4.78, 5) is 17.1. The Morgan fingerprint density at radius 1 is 1.19 bits per heavy atom. The van der Waals surface area contributed by atoms with Crippen molar-refractivity contribution >= 4 is 23.2 Å². The standard InChI is InChI=1S/C24H30N2O4S/c1-15(26-23(31)21-22(27)19(29-3)13-14-25-21)24(28)30-16(2)20(18-11-7-8-12-18)17-9-5-4-6-10-17/h4-6,9-10,13-16,18,20,27H,7-8,11-12H2,1-3H3,(H,26,31)/t15-,16?,20+/m0/s1. The van der Waals surface area contributed by atoms with Crippen LogP contribution in [-0.4, -0.2) is 40.3 Å². The number of nitrogens with one attached hydrogen (secondary N) is 1. The maximum absolute atomic E-state index is 12.8. The highest BCUT2D eigenvalue weighted by Gasteiger charge is 2.33. The van der Waals surface area contributed by atoms with Crippen LogP contribution in [-0.2, 0) is 9.53 Å². The molecule has 1 unspecified atom stereocenters. The predicted octanol–water partition coefficient (Wildman–Crippen LogP) is 4.36. The van der Waals surface area contributed by atoms with Gasteiger partial charge in [0.25, 0.3) is 0 Å². The monoisotopic (exact) mass is 442 g/mol. The van der Waals surface area contributed by atoms with Gasteiger partial charge in [-0.1, -0.05) is 55.4 Å². The second-order valence-electron chi connectivity index (χ2n) is 8.03. The first-order valence-electron chi connectivity index (χ1n) is 10.7. The fraction of sp³-hybridized carbons (Fsp3) is 0.458. The van der Waals surface area contributed by atoms with Gasteiger partial charge in [0.2, 0.25) is 0 Å². The molecule has 1 aromatic heterocycles. The number of rotatable bonds is 8. The lowest BCUT2D eigenvalue weighted by Crippen LogP contribution is -2.41. The zero-order chi connectivity index (χ0) is 22.4. The third-order valence-electron chi connectivity index (χ3n) is 5.92. The number of methoxy groups -OCH3 is 1. The summed E-state index contributed by atoms with van der Waals surface area (Å²) in [6.07, 6.45) is 5.97. The zero-order valence-electron chi connectivity index (χ0n) is 18.2. The van der Waals surface area contributed by atoms with Gasteiger partial charge in [0.1, 0.15) is 22.8 Å². The maximum Gasteiger partial charge on any atom is 0.328 e. The molecule has 2 aromatic rings. The number of nitrogens with zero attached hydrogens (tertiary/aromatic N) is 1. The first-order chi connectivity index (χ1) is 14.9. The van der Waals surface area contributed by atoms with E-state index in [0.29, 0.717) is 5.92 Å². The molecular weight excluding hydrogens is 412 g/mol. The average molecular weight is 443 g/mol. The summed E-state index contributed by atoms with van der Waals surface area (Å²) in [5.41, 5.74) is 1.37. The summed E-state index contributed by atoms with van der Waals surface area (Å²) in [6.45, 7) is 3.65. The number of carbonyl (C=O) groups excluding carboxylic acids is 1. The van der Waals surface area contributed by atoms with Crippen LogP contribution in [0.25, 0.3) is 0 Å². The van der Waals surface area contributed by atoms with Crippen molar-refractivity contribution in [1.82, 2.24) is 10.3 Å². The molecule has 166 valence electrons. The molecule has 3 atom stereocenters. The number of esters is 1. The van der Waals surface area contributed by atoms with Crippen LogP contribution in [0.4, 0.5) is 0 Å². The summed E-state index contributed by atoms with van der Waals surface area (Å²) >= 11 is 5.34. The highest BCUT2D eigenvalue weighted by atomic mass is 32.1. The number of aromatic hydroxyl groups is 1. The molecule has 0 amide bonds. The van der Waals surface area contributed by atoms with E-state index < -0.39 is 12.0 Å². The Morgan fingerprint density at radius 3 is 2.52 bits per heavy atom. The van der Waals surface area contributed by atoms with E-state index in [1.807, 2.05) is 25.1 Å². The number of carbonyl (C=O) groups is 1. The van der Waals surface area contributed by atoms with Gasteiger partial charge >= 0.3 is 5.97 Å². The molecule has 7 heteroatoms. The molecule has 6 nitrogen and oxygen atoms in total. The quantitative estimate of drug-likeness (QED) is 0.464. The Balaban J connectivity index is 1.67. The van der Waals surface area contributed by atoms with Gasteiger partial charge in [-0.2, -0.15) is 0 Å². The maximum atomic E-state index is 12.8. The van der Waals surface area contributed by atoms with Gasteiger partial charge in [0.15, 0.2) is 11.5 Å². The molecule has 0 spiro atoms. The predicted molar refractivity (Wildman–Crippen MR) is 123 cm³/mol. The number of pyridine rings is 1. The molecule has 0 radical (unpaired) electrons. The third kappa shape index (κ3) is 5.53. The van der Waals surface area contributed by atoms with Crippen molar-refractivity contribution in [2.45, 2.75) is 57.6 Å². The molecule has 0 saturated heterocycles.